The van der Waals surface area contributed by atoms with Crippen LogP contribution in [-0.2, 0) is 21.1 Å². The smallest absolute Gasteiger partial charge is 0.133 e. The largest absolute Gasteiger partial charge is 0.358 e. The fourth-order valence-electron chi connectivity index (χ4n) is 2.47. The van der Waals surface area contributed by atoms with E-state index in [9.17, 15) is 0 Å². The van der Waals surface area contributed by atoms with E-state index in [0.717, 1.165) is 17.4 Å². The summed E-state index contributed by atoms with van der Waals surface area (Å²) in [5.74, 6) is 0. The second-order valence-electron chi connectivity index (χ2n) is 5.81. The first-order valence-corrected chi connectivity index (χ1v) is 9.55. The van der Waals surface area contributed by atoms with Gasteiger partial charge in [0, 0.05) is 34.2 Å². The van der Waals surface area contributed by atoms with Crippen molar-refractivity contribution in [2.75, 3.05) is 13.1 Å². The molecule has 0 radical (unpaired) electrons. The zero-order chi connectivity index (χ0) is 15.1. The van der Waals surface area contributed by atoms with Gasteiger partial charge in [0.05, 0.1) is 0 Å². The molecule has 0 N–H and O–H groups in total. The molecule has 0 atom stereocenters. The molecule has 4 heteroatoms. The summed E-state index contributed by atoms with van der Waals surface area (Å²) in [5, 5.41) is 0. The first-order valence-electron chi connectivity index (χ1n) is 8.70. The van der Waals surface area contributed by atoms with Gasteiger partial charge in [0.15, 0.2) is 0 Å². The molecule has 0 saturated heterocycles. The second-order valence-corrected chi connectivity index (χ2v) is 6.92. The topological polar surface area (TPSA) is 3.24 Å². The average Bonchev–Trinajstić information content (AvgIpc) is 2.43. The molecule has 0 saturated carbocycles. The number of unbranched alkanes of at least 4 members (excludes halogenated alkanes) is 10. The van der Waals surface area contributed by atoms with Crippen LogP contribution in [0, 0.1) is 0 Å². The molecule has 0 heterocycles. The number of nitrogens with zero attached hydrogens (tertiary/aromatic N) is 1. The molecule has 0 fully saturated rings. The van der Waals surface area contributed by atoms with Crippen LogP contribution in [0.5, 0.6) is 0 Å². The molecule has 126 valence electrons. The van der Waals surface area contributed by atoms with E-state index in [1.807, 2.05) is 0 Å². The number of hydrogen-bond donors (Lipinski definition) is 1. The Labute approximate surface area is 158 Å². The molecule has 0 aromatic heterocycles. The Morgan fingerprint density at radius 2 is 1.05 bits per heavy atom. The fourth-order valence-corrected chi connectivity index (χ4v) is 2.85. The van der Waals surface area contributed by atoms with E-state index >= 15 is 0 Å². The van der Waals surface area contributed by atoms with Crippen LogP contribution >= 0.6 is 24.8 Å². The van der Waals surface area contributed by atoms with Crippen LogP contribution in [0.25, 0.3) is 0 Å². The molecule has 0 amide bonds. The van der Waals surface area contributed by atoms with Gasteiger partial charge >= 0.3 is 0 Å². The third-order valence-electron chi connectivity index (χ3n) is 3.83. The van der Waals surface area contributed by atoms with E-state index < -0.39 is 0 Å². The maximum absolute atomic E-state index is 5.25. The standard InChI is InChI=1S/C17H35NS2.Mo/c1-3-5-7-9-11-13-15-18(17(19)20)16-14-12-10-8-6-4-2;/h3-16H2,1-2H3,(H,19,20);. The number of hydrogen-bond acceptors (Lipinski definition) is 1. The van der Waals surface area contributed by atoms with Gasteiger partial charge in [-0.15, -0.1) is 12.6 Å². The number of thiol groups is 1. The van der Waals surface area contributed by atoms with Gasteiger partial charge in [-0.3, -0.25) is 0 Å². The molecule has 0 aliphatic rings. The third-order valence-corrected chi connectivity index (χ3v) is 4.37. The third kappa shape index (κ3) is 17.1. The van der Waals surface area contributed by atoms with E-state index in [0.29, 0.717) is 0 Å². The number of rotatable bonds is 14. The first kappa shape index (κ1) is 24.2. The molecular formula is C17H35MoNS2. The monoisotopic (exact) mass is 415 g/mol. The summed E-state index contributed by atoms with van der Waals surface area (Å²) < 4.78 is 0.784. The molecule has 1 nitrogen and oxygen atoms in total. The van der Waals surface area contributed by atoms with E-state index in [-0.39, 0.29) is 21.1 Å². The van der Waals surface area contributed by atoms with Crippen molar-refractivity contribution < 1.29 is 21.1 Å². The minimum absolute atomic E-state index is 0. The van der Waals surface area contributed by atoms with E-state index in [1.165, 1.54) is 77.0 Å². The molecule has 0 aliphatic heterocycles. The van der Waals surface area contributed by atoms with Crippen LogP contribution in [0.1, 0.15) is 90.9 Å². The van der Waals surface area contributed by atoms with Crippen LogP contribution < -0.4 is 0 Å². The Morgan fingerprint density at radius 3 is 1.38 bits per heavy atom. The van der Waals surface area contributed by atoms with E-state index in [1.54, 1.807) is 0 Å². The maximum atomic E-state index is 5.25. The summed E-state index contributed by atoms with van der Waals surface area (Å²) in [7, 11) is 0. The zero-order valence-corrected chi connectivity index (χ0v) is 17.8. The fraction of sp³-hybridized carbons (Fsp3) is 0.941. The van der Waals surface area contributed by atoms with Gasteiger partial charge in [-0.05, 0) is 12.8 Å². The van der Waals surface area contributed by atoms with Gasteiger partial charge in [0.1, 0.15) is 4.32 Å². The van der Waals surface area contributed by atoms with Crippen molar-refractivity contribution in [1.82, 2.24) is 4.90 Å². The van der Waals surface area contributed by atoms with Crippen LogP contribution in [-0.4, -0.2) is 22.3 Å². The Balaban J connectivity index is 0. The van der Waals surface area contributed by atoms with Crippen molar-refractivity contribution in [1.29, 1.82) is 0 Å². The van der Waals surface area contributed by atoms with Gasteiger partial charge in [-0.2, -0.15) is 0 Å². The van der Waals surface area contributed by atoms with Crippen molar-refractivity contribution in [3.63, 3.8) is 0 Å². The SMILES string of the molecule is CCCCCCCCN(CCCCCCCC)C(=S)S.[Mo]. The minimum Gasteiger partial charge on any atom is -0.358 e. The Hall–Kier alpha value is 0.928. The van der Waals surface area contributed by atoms with Crippen molar-refractivity contribution in [2.45, 2.75) is 90.9 Å². The van der Waals surface area contributed by atoms with Gasteiger partial charge < -0.3 is 4.90 Å². The van der Waals surface area contributed by atoms with Crippen LogP contribution in [0.15, 0.2) is 0 Å². The predicted molar refractivity (Wildman–Crippen MR) is 99.9 cm³/mol. The van der Waals surface area contributed by atoms with Gasteiger partial charge in [-0.25, -0.2) is 0 Å². The maximum Gasteiger partial charge on any atom is 0.133 e. The Kier molecular flexibility index (Phi) is 21.9. The van der Waals surface area contributed by atoms with Crippen LogP contribution in [0.3, 0.4) is 0 Å². The van der Waals surface area contributed by atoms with Crippen molar-refractivity contribution in [2.24, 2.45) is 0 Å². The van der Waals surface area contributed by atoms with E-state index in [2.05, 4.69) is 31.4 Å². The van der Waals surface area contributed by atoms with Gasteiger partial charge in [0.2, 0.25) is 0 Å². The molecule has 0 rings (SSSR count). The van der Waals surface area contributed by atoms with Crippen LogP contribution in [0.2, 0.25) is 0 Å². The molecule has 21 heavy (non-hydrogen) atoms. The van der Waals surface area contributed by atoms with Gasteiger partial charge in [0.25, 0.3) is 0 Å². The van der Waals surface area contributed by atoms with E-state index in [4.69, 9.17) is 12.2 Å². The summed E-state index contributed by atoms with van der Waals surface area (Å²) in [6.07, 6.45) is 16.1. The predicted octanol–water partition coefficient (Wildman–Crippen LogP) is 6.22. The summed E-state index contributed by atoms with van der Waals surface area (Å²) >= 11 is 9.61. The summed E-state index contributed by atoms with van der Waals surface area (Å²) in [6, 6.07) is 0. The zero-order valence-electron chi connectivity index (χ0n) is 14.1. The minimum atomic E-state index is 0. The van der Waals surface area contributed by atoms with Crippen molar-refractivity contribution >= 4 is 29.2 Å². The van der Waals surface area contributed by atoms with Crippen molar-refractivity contribution in [3.8, 4) is 0 Å². The molecule has 0 unspecified atom stereocenters. The number of thiocarbonyl (C=S) groups is 1. The summed E-state index contributed by atoms with van der Waals surface area (Å²) in [4.78, 5) is 2.29. The Morgan fingerprint density at radius 1 is 0.714 bits per heavy atom. The average molecular weight is 414 g/mol. The molecule has 0 bridgehead atoms. The molecule has 0 aromatic carbocycles. The molecule has 0 aromatic rings. The normalized spacial score (nSPS) is 10.2. The van der Waals surface area contributed by atoms with Crippen molar-refractivity contribution in [3.05, 3.63) is 0 Å². The Bertz CT molecular complexity index is 209. The molecular weight excluding hydrogens is 378 g/mol. The first-order chi connectivity index (χ1) is 9.72. The summed E-state index contributed by atoms with van der Waals surface area (Å²) in [6.45, 7) is 6.73. The van der Waals surface area contributed by atoms with Gasteiger partial charge in [-0.1, -0.05) is 90.3 Å². The quantitative estimate of drug-likeness (QED) is 0.156. The van der Waals surface area contributed by atoms with Crippen LogP contribution in [0.4, 0.5) is 0 Å². The summed E-state index contributed by atoms with van der Waals surface area (Å²) in [5.41, 5.74) is 0. The second kappa shape index (κ2) is 19.0. The molecule has 0 aliphatic carbocycles. The molecule has 0 spiro atoms.